The van der Waals surface area contributed by atoms with Gasteiger partial charge in [0.25, 0.3) is 0 Å². The lowest BCUT2D eigenvalue weighted by atomic mass is 10.1. The van der Waals surface area contributed by atoms with E-state index in [1.807, 2.05) is 0 Å². The largest absolute Gasteiger partial charge is 0.480 e. The summed E-state index contributed by atoms with van der Waals surface area (Å²) in [7, 11) is 0. The van der Waals surface area contributed by atoms with Gasteiger partial charge in [-0.3, -0.25) is 14.9 Å². The van der Waals surface area contributed by atoms with Crippen LogP contribution in [-0.2, 0) is 14.3 Å². The average Bonchev–Trinajstić information content (AvgIpc) is 2.71. The summed E-state index contributed by atoms with van der Waals surface area (Å²) in [5.41, 5.74) is 6.00. The zero-order valence-electron chi connectivity index (χ0n) is 10.5. The molecule has 0 saturated heterocycles. The lowest BCUT2D eigenvalue weighted by Crippen LogP contribution is -2.40. The van der Waals surface area contributed by atoms with Crippen molar-refractivity contribution < 1.29 is 24.2 Å². The summed E-state index contributed by atoms with van der Waals surface area (Å²) in [5, 5.41) is 11.8. The second-order valence-electron chi connectivity index (χ2n) is 4.44. The number of fused-ring (bicyclic) bond motifs is 1. The lowest BCUT2D eigenvalue weighted by Gasteiger charge is -2.19. The topological polar surface area (TPSA) is 119 Å². The van der Waals surface area contributed by atoms with Gasteiger partial charge in [0, 0.05) is 12.0 Å². The Labute approximate surface area is 114 Å². The fourth-order valence-electron chi connectivity index (χ4n) is 2.02. The zero-order valence-corrected chi connectivity index (χ0v) is 10.5. The van der Waals surface area contributed by atoms with Gasteiger partial charge in [0.05, 0.1) is 5.56 Å². The number of hydrogen-bond acceptors (Lipinski definition) is 5. The van der Waals surface area contributed by atoms with E-state index in [0.29, 0.717) is 11.1 Å². The highest BCUT2D eigenvalue weighted by Gasteiger charge is 2.33. The van der Waals surface area contributed by atoms with E-state index in [1.165, 1.54) is 0 Å². The van der Waals surface area contributed by atoms with Crippen LogP contribution >= 0.6 is 0 Å². The maximum atomic E-state index is 11.6. The number of hydrogen-bond donors (Lipinski definition) is 3. The molecular formula is C13H14N2O5. The van der Waals surface area contributed by atoms with Crippen LogP contribution in [0.5, 0.6) is 0 Å². The van der Waals surface area contributed by atoms with Crippen LogP contribution in [0, 0.1) is 0 Å². The number of primary amides is 1. The Morgan fingerprint density at radius 1 is 1.40 bits per heavy atom. The number of carboxylic acid groups (broad SMARTS) is 1. The molecule has 0 aromatic heterocycles. The number of ether oxygens (including phenoxy) is 1. The van der Waals surface area contributed by atoms with Gasteiger partial charge in [-0.25, -0.2) is 4.79 Å². The van der Waals surface area contributed by atoms with E-state index in [2.05, 4.69) is 5.32 Å². The van der Waals surface area contributed by atoms with Crippen molar-refractivity contribution in [1.29, 1.82) is 0 Å². The minimum absolute atomic E-state index is 0.0287. The second-order valence-corrected chi connectivity index (χ2v) is 4.44. The Bertz CT molecular complexity index is 557. The molecule has 2 atom stereocenters. The van der Waals surface area contributed by atoms with Crippen LogP contribution in [0.15, 0.2) is 24.3 Å². The molecule has 1 aromatic carbocycles. The molecule has 2 unspecified atom stereocenters. The lowest BCUT2D eigenvalue weighted by molar-refractivity contribution is -0.140. The third-order valence-electron chi connectivity index (χ3n) is 3.02. The monoisotopic (exact) mass is 278 g/mol. The van der Waals surface area contributed by atoms with Gasteiger partial charge < -0.3 is 15.6 Å². The van der Waals surface area contributed by atoms with Crippen LogP contribution in [0.2, 0.25) is 0 Å². The van der Waals surface area contributed by atoms with Crippen LogP contribution < -0.4 is 11.1 Å². The van der Waals surface area contributed by atoms with Crippen LogP contribution in [0.4, 0.5) is 0 Å². The van der Waals surface area contributed by atoms with E-state index in [1.54, 1.807) is 24.3 Å². The number of amides is 1. The van der Waals surface area contributed by atoms with Crippen molar-refractivity contribution in [3.05, 3.63) is 35.4 Å². The number of esters is 1. The van der Waals surface area contributed by atoms with Crippen molar-refractivity contribution >= 4 is 17.8 Å². The van der Waals surface area contributed by atoms with Crippen LogP contribution in [0.25, 0.3) is 0 Å². The van der Waals surface area contributed by atoms with Gasteiger partial charge in [-0.1, -0.05) is 18.2 Å². The molecule has 0 aliphatic carbocycles. The Balaban J connectivity index is 2.10. The van der Waals surface area contributed by atoms with Gasteiger partial charge in [0.2, 0.25) is 5.91 Å². The second kappa shape index (κ2) is 5.70. The molecule has 0 fully saturated rings. The number of aliphatic carboxylic acids is 1. The first-order chi connectivity index (χ1) is 9.49. The predicted octanol–water partition coefficient (Wildman–Crippen LogP) is 0.164. The summed E-state index contributed by atoms with van der Waals surface area (Å²) >= 11 is 0. The molecule has 1 amide bonds. The van der Waals surface area contributed by atoms with Crippen molar-refractivity contribution in [3.8, 4) is 0 Å². The standard InChI is InChI=1S/C13H14N2O5/c14-10(16)6-5-9(12(17)18)15-11-7-3-1-2-4-8(7)13(19)20-11/h1-4,9,11,15H,5-6H2,(H2,14,16)(H,17,18). The van der Waals surface area contributed by atoms with E-state index in [0.717, 1.165) is 0 Å². The number of benzene rings is 1. The molecule has 1 heterocycles. The molecule has 7 nitrogen and oxygen atoms in total. The van der Waals surface area contributed by atoms with Gasteiger partial charge >= 0.3 is 11.9 Å². The highest BCUT2D eigenvalue weighted by molar-refractivity contribution is 5.94. The van der Waals surface area contributed by atoms with Gasteiger partial charge in [0.1, 0.15) is 6.04 Å². The molecule has 106 valence electrons. The molecular weight excluding hydrogens is 264 g/mol. The van der Waals surface area contributed by atoms with E-state index < -0.39 is 30.1 Å². The van der Waals surface area contributed by atoms with Crippen LogP contribution in [0.1, 0.15) is 35.0 Å². The van der Waals surface area contributed by atoms with Crippen molar-refractivity contribution in [2.24, 2.45) is 5.73 Å². The fraction of sp³-hybridized carbons (Fsp3) is 0.308. The van der Waals surface area contributed by atoms with E-state index in [4.69, 9.17) is 15.6 Å². The maximum Gasteiger partial charge on any atom is 0.340 e. The molecule has 0 spiro atoms. The third kappa shape index (κ3) is 2.94. The number of rotatable bonds is 6. The first kappa shape index (κ1) is 14.0. The zero-order chi connectivity index (χ0) is 14.7. The molecule has 1 aliphatic rings. The van der Waals surface area contributed by atoms with E-state index in [-0.39, 0.29) is 12.8 Å². The van der Waals surface area contributed by atoms with Crippen molar-refractivity contribution in [3.63, 3.8) is 0 Å². The number of nitrogens with one attached hydrogen (secondary N) is 1. The number of carbonyl (C=O) groups is 3. The third-order valence-corrected chi connectivity index (χ3v) is 3.02. The van der Waals surface area contributed by atoms with Gasteiger partial charge in [-0.2, -0.15) is 0 Å². The van der Waals surface area contributed by atoms with E-state index >= 15 is 0 Å². The Morgan fingerprint density at radius 2 is 2.10 bits per heavy atom. The van der Waals surface area contributed by atoms with Gasteiger partial charge in [0.15, 0.2) is 6.23 Å². The fourth-order valence-corrected chi connectivity index (χ4v) is 2.02. The SMILES string of the molecule is NC(=O)CCC(NC1OC(=O)c2ccccc21)C(=O)O. The molecule has 0 bridgehead atoms. The van der Waals surface area contributed by atoms with Crippen LogP contribution in [0.3, 0.4) is 0 Å². The van der Waals surface area contributed by atoms with Crippen molar-refractivity contribution in [2.45, 2.75) is 25.1 Å². The molecule has 0 radical (unpaired) electrons. The number of nitrogens with two attached hydrogens (primary N) is 1. The first-order valence-corrected chi connectivity index (χ1v) is 6.06. The highest BCUT2D eigenvalue weighted by Crippen LogP contribution is 2.28. The van der Waals surface area contributed by atoms with Gasteiger partial charge in [-0.15, -0.1) is 0 Å². The number of carboxylic acids is 1. The molecule has 1 aromatic rings. The molecule has 7 heteroatoms. The smallest absolute Gasteiger partial charge is 0.340 e. The van der Waals surface area contributed by atoms with Crippen LogP contribution in [-0.4, -0.2) is 29.0 Å². The number of cyclic esters (lactones) is 1. The summed E-state index contributed by atoms with van der Waals surface area (Å²) in [4.78, 5) is 33.5. The van der Waals surface area contributed by atoms with E-state index in [9.17, 15) is 14.4 Å². The molecule has 0 saturated carbocycles. The summed E-state index contributed by atoms with van der Waals surface area (Å²) in [6, 6.07) is 5.70. The summed E-state index contributed by atoms with van der Waals surface area (Å²) < 4.78 is 5.09. The number of carbonyl (C=O) groups excluding carboxylic acids is 2. The summed E-state index contributed by atoms with van der Waals surface area (Å²) in [6.45, 7) is 0. The Morgan fingerprint density at radius 3 is 2.75 bits per heavy atom. The quantitative estimate of drug-likeness (QED) is 0.638. The average molecular weight is 278 g/mol. The minimum atomic E-state index is -1.13. The minimum Gasteiger partial charge on any atom is -0.480 e. The normalized spacial score (nSPS) is 18.2. The Kier molecular flexibility index (Phi) is 3.99. The molecule has 1 aliphatic heterocycles. The first-order valence-electron chi connectivity index (χ1n) is 6.06. The van der Waals surface area contributed by atoms with Gasteiger partial charge in [-0.05, 0) is 12.5 Å². The molecule has 20 heavy (non-hydrogen) atoms. The molecule has 2 rings (SSSR count). The summed E-state index contributed by atoms with van der Waals surface area (Å²) in [6.07, 6.45) is -0.861. The Hall–Kier alpha value is -2.41. The van der Waals surface area contributed by atoms with Crippen molar-refractivity contribution in [1.82, 2.24) is 5.32 Å². The highest BCUT2D eigenvalue weighted by atomic mass is 16.6. The predicted molar refractivity (Wildman–Crippen MR) is 67.6 cm³/mol. The molecule has 4 N–H and O–H groups in total. The van der Waals surface area contributed by atoms with Crippen molar-refractivity contribution in [2.75, 3.05) is 0 Å². The summed E-state index contributed by atoms with van der Waals surface area (Å²) in [5.74, 6) is -2.22. The maximum absolute atomic E-state index is 11.6.